The van der Waals surface area contributed by atoms with Gasteiger partial charge in [-0.3, -0.25) is 4.90 Å². The van der Waals surface area contributed by atoms with Crippen molar-refractivity contribution < 1.29 is 9.47 Å². The van der Waals surface area contributed by atoms with E-state index in [-0.39, 0.29) is 0 Å². The molecule has 0 atom stereocenters. The molecule has 4 rings (SSSR count). The first-order valence-electron chi connectivity index (χ1n) is 10.1. The zero-order chi connectivity index (χ0) is 20.2. The summed E-state index contributed by atoms with van der Waals surface area (Å²) in [5.41, 5.74) is 5.28. The van der Waals surface area contributed by atoms with E-state index < -0.39 is 0 Å². The first kappa shape index (κ1) is 20.5. The third-order valence-corrected chi connectivity index (χ3v) is 7.16. The van der Waals surface area contributed by atoms with Crippen molar-refractivity contribution in [1.29, 1.82) is 0 Å². The Kier molecular flexibility index (Phi) is 6.60. The van der Waals surface area contributed by atoms with E-state index in [9.17, 15) is 0 Å². The molecule has 29 heavy (non-hydrogen) atoms. The molecular weight excluding hydrogens is 398 g/mol. The maximum atomic E-state index is 5.79. The van der Waals surface area contributed by atoms with Crippen LogP contribution in [0.2, 0.25) is 0 Å². The predicted molar refractivity (Wildman–Crippen MR) is 126 cm³/mol. The van der Waals surface area contributed by atoms with Crippen LogP contribution < -0.4 is 4.74 Å². The summed E-state index contributed by atoms with van der Waals surface area (Å²) in [7, 11) is 1.68. The molecule has 2 aromatic rings. The molecule has 1 fully saturated rings. The van der Waals surface area contributed by atoms with Crippen LogP contribution in [-0.4, -0.2) is 49.7 Å². The maximum Gasteiger partial charge on any atom is 0.118 e. The molecule has 2 heterocycles. The van der Waals surface area contributed by atoms with Gasteiger partial charge in [0.1, 0.15) is 5.75 Å². The molecule has 0 saturated carbocycles. The molecule has 1 aromatic carbocycles. The Morgan fingerprint density at radius 2 is 1.93 bits per heavy atom. The van der Waals surface area contributed by atoms with Crippen LogP contribution in [0.4, 0.5) is 0 Å². The van der Waals surface area contributed by atoms with Gasteiger partial charge in [-0.25, -0.2) is 0 Å². The summed E-state index contributed by atoms with van der Waals surface area (Å²) >= 11 is 7.60. The highest BCUT2D eigenvalue weighted by Gasteiger charge is 2.16. The Balaban J connectivity index is 1.52. The molecule has 0 unspecified atom stereocenters. The fraction of sp³-hybridized carbons (Fsp3) is 0.375. The van der Waals surface area contributed by atoms with Gasteiger partial charge in [0.05, 0.1) is 25.2 Å². The van der Waals surface area contributed by atoms with Gasteiger partial charge in [0.15, 0.2) is 0 Å². The van der Waals surface area contributed by atoms with Crippen LogP contribution in [0.25, 0.3) is 12.2 Å². The van der Waals surface area contributed by atoms with Crippen LogP contribution in [0.1, 0.15) is 40.6 Å². The minimum atomic E-state index is 0.852. The second kappa shape index (κ2) is 9.35. The van der Waals surface area contributed by atoms with Gasteiger partial charge in [-0.05, 0) is 67.3 Å². The number of morpholine rings is 1. The third-order valence-electron chi connectivity index (χ3n) is 5.46. The normalized spacial score (nSPS) is 17.2. The van der Waals surface area contributed by atoms with Crippen LogP contribution >= 0.6 is 23.6 Å². The second-order valence-electron chi connectivity index (χ2n) is 7.66. The average Bonchev–Trinajstić information content (AvgIpc) is 3.07. The van der Waals surface area contributed by atoms with Gasteiger partial charge in [-0.1, -0.05) is 29.4 Å². The second-order valence-corrected chi connectivity index (χ2v) is 9.15. The standard InChI is InChI=1S/C24H27NO2S2/c1-17-13-18(7-8-25-9-11-27-12-10-25)15-22-20(14-17)16-23(29-22)24(28)19-3-5-21(26-2)6-4-19/h3-6,14-16H,7-13H2,1-2H3. The number of fused-ring (bicyclic) bond motifs is 1. The lowest BCUT2D eigenvalue weighted by atomic mass is 10.0. The SMILES string of the molecule is COc1ccc(C(=S)c2cc3c(s2)C=C(CCN2CCOCC2)CC(C)=C3)cc1. The van der Waals surface area contributed by atoms with Crippen LogP contribution in [0.3, 0.4) is 0 Å². The first-order chi connectivity index (χ1) is 14.1. The lowest BCUT2D eigenvalue weighted by molar-refractivity contribution is 0.0384. The van der Waals surface area contributed by atoms with E-state index in [2.05, 4.69) is 30.0 Å². The number of allylic oxidation sites excluding steroid dienone is 1. The van der Waals surface area contributed by atoms with Crippen LogP contribution in [-0.2, 0) is 4.74 Å². The van der Waals surface area contributed by atoms with Crippen molar-refractivity contribution in [3.8, 4) is 5.75 Å². The molecule has 0 radical (unpaired) electrons. The Labute approximate surface area is 182 Å². The minimum Gasteiger partial charge on any atom is -0.497 e. The van der Waals surface area contributed by atoms with Crippen molar-refractivity contribution >= 4 is 40.6 Å². The quantitative estimate of drug-likeness (QED) is 0.454. The molecule has 1 aliphatic heterocycles. The number of thiophene rings is 1. The molecule has 0 spiro atoms. The van der Waals surface area contributed by atoms with Gasteiger partial charge in [-0.15, -0.1) is 11.3 Å². The van der Waals surface area contributed by atoms with Gasteiger partial charge >= 0.3 is 0 Å². The molecule has 5 heteroatoms. The lowest BCUT2D eigenvalue weighted by Gasteiger charge is -2.26. The molecule has 152 valence electrons. The Morgan fingerprint density at radius 1 is 1.17 bits per heavy atom. The molecule has 1 aromatic heterocycles. The molecular formula is C24H27NO2S2. The van der Waals surface area contributed by atoms with Crippen molar-refractivity contribution in [3.05, 3.63) is 62.4 Å². The maximum absolute atomic E-state index is 5.79. The number of hydrogen-bond acceptors (Lipinski definition) is 5. The van der Waals surface area contributed by atoms with Crippen molar-refractivity contribution in [2.24, 2.45) is 0 Å². The van der Waals surface area contributed by atoms with E-state index >= 15 is 0 Å². The van der Waals surface area contributed by atoms with E-state index in [4.69, 9.17) is 21.7 Å². The number of ether oxygens (including phenoxy) is 2. The zero-order valence-electron chi connectivity index (χ0n) is 17.1. The largest absolute Gasteiger partial charge is 0.497 e. The van der Waals surface area contributed by atoms with Crippen molar-refractivity contribution in [1.82, 2.24) is 4.90 Å². The summed E-state index contributed by atoms with van der Waals surface area (Å²) in [5.74, 6) is 0.852. The number of thiocarbonyl (C=S) groups is 1. The molecule has 0 N–H and O–H groups in total. The van der Waals surface area contributed by atoms with Crippen LogP contribution in [0, 0.1) is 0 Å². The molecule has 0 amide bonds. The summed E-state index contributed by atoms with van der Waals surface area (Å²) in [6.07, 6.45) is 6.89. The third kappa shape index (κ3) is 5.04. The number of methoxy groups -OCH3 is 1. The summed E-state index contributed by atoms with van der Waals surface area (Å²) in [6.45, 7) is 7.16. The van der Waals surface area contributed by atoms with Gasteiger partial charge in [0.2, 0.25) is 0 Å². The zero-order valence-corrected chi connectivity index (χ0v) is 18.7. The van der Waals surface area contributed by atoms with Crippen molar-refractivity contribution in [3.63, 3.8) is 0 Å². The summed E-state index contributed by atoms with van der Waals surface area (Å²) in [5, 5.41) is 0. The molecule has 1 aliphatic carbocycles. The van der Waals surface area contributed by atoms with Crippen LogP contribution in [0.15, 0.2) is 41.5 Å². The fourth-order valence-electron chi connectivity index (χ4n) is 3.84. The Hall–Kier alpha value is -1.79. The summed E-state index contributed by atoms with van der Waals surface area (Å²) in [4.78, 5) is 5.89. The monoisotopic (exact) mass is 425 g/mol. The summed E-state index contributed by atoms with van der Waals surface area (Å²) in [6, 6.07) is 10.3. The molecule has 1 saturated heterocycles. The molecule has 0 bridgehead atoms. The predicted octanol–water partition coefficient (Wildman–Crippen LogP) is 5.44. The van der Waals surface area contributed by atoms with E-state index in [0.29, 0.717) is 0 Å². The highest BCUT2D eigenvalue weighted by molar-refractivity contribution is 7.81. The van der Waals surface area contributed by atoms with E-state index in [1.165, 1.54) is 21.6 Å². The Bertz CT molecular complexity index is 934. The van der Waals surface area contributed by atoms with Gasteiger partial charge in [0, 0.05) is 29.4 Å². The first-order valence-corrected chi connectivity index (χ1v) is 11.3. The highest BCUT2D eigenvalue weighted by atomic mass is 32.1. The lowest BCUT2D eigenvalue weighted by Crippen LogP contribution is -2.36. The van der Waals surface area contributed by atoms with E-state index in [1.54, 1.807) is 18.4 Å². The Morgan fingerprint density at radius 3 is 2.66 bits per heavy atom. The topological polar surface area (TPSA) is 21.7 Å². The van der Waals surface area contributed by atoms with Crippen LogP contribution in [0.5, 0.6) is 5.75 Å². The summed E-state index contributed by atoms with van der Waals surface area (Å²) < 4.78 is 10.7. The number of hydrogen-bond donors (Lipinski definition) is 0. The number of benzene rings is 1. The average molecular weight is 426 g/mol. The van der Waals surface area contributed by atoms with Crippen molar-refractivity contribution in [2.45, 2.75) is 19.8 Å². The van der Waals surface area contributed by atoms with E-state index in [1.807, 2.05) is 24.3 Å². The van der Waals surface area contributed by atoms with Gasteiger partial charge < -0.3 is 9.47 Å². The number of nitrogens with zero attached hydrogens (tertiary/aromatic N) is 1. The van der Waals surface area contributed by atoms with Gasteiger partial charge in [0.25, 0.3) is 0 Å². The van der Waals surface area contributed by atoms with E-state index in [0.717, 1.165) is 66.7 Å². The molecule has 3 nitrogen and oxygen atoms in total. The smallest absolute Gasteiger partial charge is 0.118 e. The number of rotatable bonds is 6. The highest BCUT2D eigenvalue weighted by Crippen LogP contribution is 2.34. The minimum absolute atomic E-state index is 0.852. The fourth-order valence-corrected chi connectivity index (χ4v) is 5.25. The van der Waals surface area contributed by atoms with Gasteiger partial charge in [-0.2, -0.15) is 0 Å². The van der Waals surface area contributed by atoms with Crippen molar-refractivity contribution in [2.75, 3.05) is 40.0 Å². The molecule has 2 aliphatic rings.